The molecule has 9 rings (SSSR count). The maximum atomic E-state index is 5.14. The molecule has 46 heavy (non-hydrogen) atoms. The minimum Gasteiger partial charge on any atom is -0.278 e. The second-order valence-electron chi connectivity index (χ2n) is 11.2. The van der Waals surface area contributed by atoms with Gasteiger partial charge in [0.05, 0.1) is 21.3 Å². The highest BCUT2D eigenvalue weighted by Gasteiger charge is 2.18. The van der Waals surface area contributed by atoms with Crippen LogP contribution in [0.2, 0.25) is 0 Å². The second-order valence-corrected chi connectivity index (χ2v) is 12.2. The van der Waals surface area contributed by atoms with Crippen LogP contribution < -0.4 is 0 Å². The van der Waals surface area contributed by atoms with Gasteiger partial charge in [-0.2, -0.15) is 9.97 Å². The zero-order valence-electron chi connectivity index (χ0n) is 24.6. The molecular weight excluding hydrogens is 583 g/mol. The number of aromatic nitrogens is 5. The molecule has 0 saturated carbocycles. The highest BCUT2D eigenvalue weighted by Crippen LogP contribution is 2.35. The van der Waals surface area contributed by atoms with Crippen molar-refractivity contribution in [3.05, 3.63) is 152 Å². The summed E-state index contributed by atoms with van der Waals surface area (Å²) < 4.78 is 3.27. The maximum absolute atomic E-state index is 5.14. The summed E-state index contributed by atoms with van der Waals surface area (Å²) in [6.07, 6.45) is 0. The summed E-state index contributed by atoms with van der Waals surface area (Å²) in [5.41, 5.74) is 8.20. The van der Waals surface area contributed by atoms with E-state index in [0.29, 0.717) is 17.6 Å². The van der Waals surface area contributed by atoms with Gasteiger partial charge in [0, 0.05) is 27.5 Å². The summed E-state index contributed by atoms with van der Waals surface area (Å²) in [7, 11) is 0. The molecule has 9 aromatic rings. The second kappa shape index (κ2) is 10.9. The van der Waals surface area contributed by atoms with E-state index in [1.165, 1.54) is 0 Å². The Kier molecular flexibility index (Phi) is 6.25. The number of hydrogen-bond acceptors (Lipinski definition) is 5. The van der Waals surface area contributed by atoms with Gasteiger partial charge in [0.25, 0.3) is 0 Å². The largest absolute Gasteiger partial charge is 0.278 e. The number of nitrogens with zero attached hydrogens (tertiary/aromatic N) is 5. The standard InChI is InChI=1S/C40H25N5S/c1-3-12-26(13-4-1)28-16-11-17-29(24-28)37-42-38(30-22-23-36-33(25-30)41-39(46-36)27-14-5-2-6-15-27)44-40(43-37)45-34-20-9-7-18-31(34)32-19-8-10-21-35(32)45/h1-25H. The van der Waals surface area contributed by atoms with Gasteiger partial charge in [-0.05, 0) is 47.5 Å². The van der Waals surface area contributed by atoms with Crippen molar-refractivity contribution in [1.29, 1.82) is 0 Å². The van der Waals surface area contributed by atoms with E-state index < -0.39 is 0 Å². The van der Waals surface area contributed by atoms with Crippen LogP contribution in [-0.4, -0.2) is 24.5 Å². The molecule has 5 nitrogen and oxygen atoms in total. The van der Waals surface area contributed by atoms with Gasteiger partial charge in [-0.15, -0.1) is 11.3 Å². The molecule has 0 aliphatic rings. The van der Waals surface area contributed by atoms with E-state index in [2.05, 4.69) is 132 Å². The number of fused-ring (bicyclic) bond motifs is 4. The number of benzene rings is 6. The predicted octanol–water partition coefficient (Wildman–Crippen LogP) is 10.2. The summed E-state index contributed by atoms with van der Waals surface area (Å²) in [4.78, 5) is 20.4. The molecular formula is C40H25N5S. The van der Waals surface area contributed by atoms with Gasteiger partial charge in [0.15, 0.2) is 11.6 Å². The van der Waals surface area contributed by atoms with Crippen molar-refractivity contribution in [3.63, 3.8) is 0 Å². The molecule has 0 radical (unpaired) electrons. The van der Waals surface area contributed by atoms with Crippen molar-refractivity contribution in [2.24, 2.45) is 0 Å². The Bertz CT molecular complexity index is 2480. The van der Waals surface area contributed by atoms with E-state index in [1.54, 1.807) is 11.3 Å². The van der Waals surface area contributed by atoms with Crippen LogP contribution in [0.3, 0.4) is 0 Å². The maximum Gasteiger partial charge on any atom is 0.238 e. The average Bonchev–Trinajstić information content (AvgIpc) is 3.71. The van der Waals surface area contributed by atoms with Gasteiger partial charge in [0.2, 0.25) is 5.95 Å². The van der Waals surface area contributed by atoms with Crippen LogP contribution in [0, 0.1) is 0 Å². The fourth-order valence-electron chi connectivity index (χ4n) is 6.10. The molecule has 0 fully saturated rings. The number of thiazole rings is 1. The van der Waals surface area contributed by atoms with E-state index in [0.717, 1.165) is 64.8 Å². The first-order chi connectivity index (χ1) is 22.8. The first-order valence-electron chi connectivity index (χ1n) is 15.2. The minimum absolute atomic E-state index is 0.575. The smallest absolute Gasteiger partial charge is 0.238 e. The van der Waals surface area contributed by atoms with Crippen molar-refractivity contribution in [2.45, 2.75) is 0 Å². The van der Waals surface area contributed by atoms with Crippen LogP contribution in [0.15, 0.2) is 152 Å². The van der Waals surface area contributed by atoms with Crippen LogP contribution in [-0.2, 0) is 0 Å². The molecule has 0 spiro atoms. The Balaban J connectivity index is 1.26. The molecule has 216 valence electrons. The monoisotopic (exact) mass is 607 g/mol. The van der Waals surface area contributed by atoms with E-state index in [9.17, 15) is 0 Å². The fourth-order valence-corrected chi connectivity index (χ4v) is 7.05. The van der Waals surface area contributed by atoms with Crippen molar-refractivity contribution in [3.8, 4) is 50.4 Å². The van der Waals surface area contributed by atoms with E-state index in [4.69, 9.17) is 19.9 Å². The molecule has 0 aliphatic carbocycles. The van der Waals surface area contributed by atoms with E-state index >= 15 is 0 Å². The number of rotatable bonds is 5. The zero-order chi connectivity index (χ0) is 30.5. The Hall–Kier alpha value is -5.98. The van der Waals surface area contributed by atoms with Gasteiger partial charge in [-0.1, -0.05) is 115 Å². The lowest BCUT2D eigenvalue weighted by atomic mass is 10.0. The Labute approximate surface area is 269 Å². The normalized spacial score (nSPS) is 11.5. The minimum atomic E-state index is 0.575. The quantitative estimate of drug-likeness (QED) is 0.195. The number of hydrogen-bond donors (Lipinski definition) is 0. The van der Waals surface area contributed by atoms with Crippen LogP contribution in [0.1, 0.15) is 0 Å². The molecule has 0 bridgehead atoms. The van der Waals surface area contributed by atoms with Crippen molar-refractivity contribution in [2.75, 3.05) is 0 Å². The van der Waals surface area contributed by atoms with Crippen molar-refractivity contribution >= 4 is 43.4 Å². The predicted molar refractivity (Wildman–Crippen MR) is 189 cm³/mol. The van der Waals surface area contributed by atoms with Gasteiger partial charge in [-0.3, -0.25) is 4.57 Å². The van der Waals surface area contributed by atoms with Gasteiger partial charge < -0.3 is 0 Å². The molecule has 0 atom stereocenters. The van der Waals surface area contributed by atoms with Crippen LogP contribution in [0.5, 0.6) is 0 Å². The zero-order valence-corrected chi connectivity index (χ0v) is 25.4. The Morgan fingerprint density at radius 3 is 1.67 bits per heavy atom. The van der Waals surface area contributed by atoms with E-state index in [1.807, 2.05) is 24.3 Å². The summed E-state index contributed by atoms with van der Waals surface area (Å²) in [6, 6.07) is 52.2. The molecule has 6 aromatic carbocycles. The van der Waals surface area contributed by atoms with Crippen molar-refractivity contribution < 1.29 is 0 Å². The molecule has 3 heterocycles. The highest BCUT2D eigenvalue weighted by atomic mass is 32.1. The molecule has 0 N–H and O–H groups in total. The van der Waals surface area contributed by atoms with Crippen molar-refractivity contribution in [1.82, 2.24) is 24.5 Å². The molecule has 3 aromatic heterocycles. The first-order valence-corrected chi connectivity index (χ1v) is 16.0. The molecule has 6 heteroatoms. The summed E-state index contributed by atoms with van der Waals surface area (Å²) in [5, 5.41) is 3.31. The Morgan fingerprint density at radius 2 is 0.978 bits per heavy atom. The Morgan fingerprint density at radius 1 is 0.413 bits per heavy atom. The fraction of sp³-hybridized carbons (Fsp3) is 0. The molecule has 0 saturated heterocycles. The van der Waals surface area contributed by atoms with Gasteiger partial charge in [-0.25, -0.2) is 9.97 Å². The third kappa shape index (κ3) is 4.55. The van der Waals surface area contributed by atoms with Crippen LogP contribution >= 0.6 is 11.3 Å². The lowest BCUT2D eigenvalue weighted by Crippen LogP contribution is -2.06. The number of para-hydroxylation sites is 2. The van der Waals surface area contributed by atoms with Crippen LogP contribution in [0.4, 0.5) is 0 Å². The summed E-state index contributed by atoms with van der Waals surface area (Å²) in [5.74, 6) is 1.79. The molecule has 0 aliphatic heterocycles. The van der Waals surface area contributed by atoms with Gasteiger partial charge in [0.1, 0.15) is 5.01 Å². The molecule has 0 unspecified atom stereocenters. The summed E-state index contributed by atoms with van der Waals surface area (Å²) >= 11 is 1.69. The van der Waals surface area contributed by atoms with E-state index in [-0.39, 0.29) is 0 Å². The third-order valence-corrected chi connectivity index (χ3v) is 9.38. The lowest BCUT2D eigenvalue weighted by Gasteiger charge is -2.11. The lowest BCUT2D eigenvalue weighted by molar-refractivity contribution is 0.953. The third-order valence-electron chi connectivity index (χ3n) is 8.30. The topological polar surface area (TPSA) is 56.5 Å². The summed E-state index contributed by atoms with van der Waals surface area (Å²) in [6.45, 7) is 0. The van der Waals surface area contributed by atoms with Gasteiger partial charge >= 0.3 is 0 Å². The first kappa shape index (κ1) is 26.4. The SMILES string of the molecule is c1ccc(-c2cccc(-c3nc(-c4ccc5sc(-c6ccccc6)nc5c4)nc(-n4c5ccccc5c5ccccc54)n3)c2)cc1. The van der Waals surface area contributed by atoms with Crippen LogP contribution in [0.25, 0.3) is 82.4 Å². The average molecular weight is 608 g/mol. The molecule has 0 amide bonds. The highest BCUT2D eigenvalue weighted by molar-refractivity contribution is 7.21.